The fraction of sp³-hybridized carbons (Fsp3) is 0.435. The highest BCUT2D eigenvalue weighted by molar-refractivity contribution is 7.89. The molecule has 0 saturated carbocycles. The zero-order chi connectivity index (χ0) is 22.7. The highest BCUT2D eigenvalue weighted by Gasteiger charge is 2.28. The maximum Gasteiger partial charge on any atom is 0.255 e. The second-order valence-electron chi connectivity index (χ2n) is 7.93. The smallest absolute Gasteiger partial charge is 0.255 e. The third kappa shape index (κ3) is 4.54. The maximum atomic E-state index is 13.1. The molecule has 32 heavy (non-hydrogen) atoms. The van der Waals surface area contributed by atoms with Gasteiger partial charge in [-0.3, -0.25) is 4.79 Å². The number of ether oxygens (including phenoxy) is 3. The molecule has 4 rings (SSSR count). The third-order valence-electron chi connectivity index (χ3n) is 5.78. The second-order valence-corrected chi connectivity index (χ2v) is 9.86. The summed E-state index contributed by atoms with van der Waals surface area (Å²) in [6, 6.07) is 9.60. The Balaban J connectivity index is 1.56. The molecule has 2 aliphatic heterocycles. The predicted octanol–water partition coefficient (Wildman–Crippen LogP) is 3.13. The van der Waals surface area contributed by atoms with E-state index in [1.807, 2.05) is 25.1 Å². The zero-order valence-electron chi connectivity index (χ0n) is 18.3. The first-order chi connectivity index (χ1) is 15.4. The molecule has 0 aliphatic carbocycles. The molecule has 1 saturated heterocycles. The van der Waals surface area contributed by atoms with Gasteiger partial charge in [-0.1, -0.05) is 12.5 Å². The van der Waals surface area contributed by atoms with Gasteiger partial charge in [0.05, 0.1) is 23.6 Å². The molecule has 0 unspecified atom stereocenters. The SMILES string of the molecule is COc1ccc(S(=O)(=O)N2CCCCC2)cc1C(=O)N[C@@H](C)c1ccc2c(c1)OCCO2. The number of hydrogen-bond donors (Lipinski definition) is 1. The highest BCUT2D eigenvalue weighted by Crippen LogP contribution is 2.33. The van der Waals surface area contributed by atoms with Crippen molar-refractivity contribution >= 4 is 15.9 Å². The fourth-order valence-electron chi connectivity index (χ4n) is 3.97. The Morgan fingerprint density at radius 3 is 2.47 bits per heavy atom. The van der Waals surface area contributed by atoms with Crippen LogP contribution < -0.4 is 19.5 Å². The molecule has 8 nitrogen and oxygen atoms in total. The van der Waals surface area contributed by atoms with Crippen LogP contribution in [-0.2, 0) is 10.0 Å². The van der Waals surface area contributed by atoms with Crippen molar-refractivity contribution in [2.24, 2.45) is 0 Å². The molecule has 2 aromatic rings. The average Bonchev–Trinajstić information content (AvgIpc) is 2.83. The molecule has 2 aromatic carbocycles. The Morgan fingerprint density at radius 2 is 1.75 bits per heavy atom. The monoisotopic (exact) mass is 460 g/mol. The maximum absolute atomic E-state index is 13.1. The van der Waals surface area contributed by atoms with Crippen LogP contribution in [0.4, 0.5) is 0 Å². The van der Waals surface area contributed by atoms with Crippen molar-refractivity contribution in [3.8, 4) is 17.2 Å². The molecular formula is C23H28N2O6S. The molecule has 2 heterocycles. The van der Waals surface area contributed by atoms with Gasteiger partial charge < -0.3 is 19.5 Å². The van der Waals surface area contributed by atoms with Gasteiger partial charge in [0, 0.05) is 13.1 Å². The number of fused-ring (bicyclic) bond motifs is 1. The molecule has 0 aromatic heterocycles. The highest BCUT2D eigenvalue weighted by atomic mass is 32.2. The molecule has 9 heteroatoms. The Kier molecular flexibility index (Phi) is 6.57. The number of benzene rings is 2. The topological polar surface area (TPSA) is 94.2 Å². The van der Waals surface area contributed by atoms with Gasteiger partial charge in [-0.15, -0.1) is 0 Å². The lowest BCUT2D eigenvalue weighted by molar-refractivity contribution is 0.0936. The summed E-state index contributed by atoms with van der Waals surface area (Å²) in [7, 11) is -2.21. The van der Waals surface area contributed by atoms with Gasteiger partial charge in [-0.25, -0.2) is 8.42 Å². The number of rotatable bonds is 6. The van der Waals surface area contributed by atoms with Crippen LogP contribution in [0, 0.1) is 0 Å². The summed E-state index contributed by atoms with van der Waals surface area (Å²) in [5.74, 6) is 1.22. The molecule has 1 amide bonds. The molecule has 1 atom stereocenters. The van der Waals surface area contributed by atoms with E-state index < -0.39 is 15.9 Å². The van der Waals surface area contributed by atoms with Crippen LogP contribution >= 0.6 is 0 Å². The molecule has 0 spiro atoms. The minimum Gasteiger partial charge on any atom is -0.496 e. The van der Waals surface area contributed by atoms with Crippen molar-refractivity contribution in [3.63, 3.8) is 0 Å². The summed E-state index contributed by atoms with van der Waals surface area (Å²) in [4.78, 5) is 13.2. The van der Waals surface area contributed by atoms with E-state index in [9.17, 15) is 13.2 Å². The average molecular weight is 461 g/mol. The Bertz CT molecular complexity index is 1100. The summed E-state index contributed by atoms with van der Waals surface area (Å²) in [5, 5.41) is 2.93. The quantitative estimate of drug-likeness (QED) is 0.712. The first-order valence-corrected chi connectivity index (χ1v) is 12.2. The summed E-state index contributed by atoms with van der Waals surface area (Å²) in [6.45, 7) is 3.83. The van der Waals surface area contributed by atoms with Gasteiger partial charge in [-0.05, 0) is 55.7 Å². The fourth-order valence-corrected chi connectivity index (χ4v) is 5.51. The van der Waals surface area contributed by atoms with Crippen LogP contribution in [0.5, 0.6) is 17.2 Å². The predicted molar refractivity (Wildman–Crippen MR) is 119 cm³/mol. The van der Waals surface area contributed by atoms with Crippen LogP contribution in [0.15, 0.2) is 41.3 Å². The third-order valence-corrected chi connectivity index (χ3v) is 7.68. The largest absolute Gasteiger partial charge is 0.496 e. The Hall–Kier alpha value is -2.78. The van der Waals surface area contributed by atoms with Crippen LogP contribution in [0.3, 0.4) is 0 Å². The van der Waals surface area contributed by atoms with Crippen LogP contribution in [-0.4, -0.2) is 52.0 Å². The van der Waals surface area contributed by atoms with Crippen molar-refractivity contribution in [2.75, 3.05) is 33.4 Å². The molecule has 0 radical (unpaired) electrons. The van der Waals surface area contributed by atoms with Gasteiger partial charge in [0.25, 0.3) is 5.91 Å². The number of nitrogens with one attached hydrogen (secondary N) is 1. The number of methoxy groups -OCH3 is 1. The number of nitrogens with zero attached hydrogens (tertiary/aromatic N) is 1. The van der Waals surface area contributed by atoms with E-state index in [-0.39, 0.29) is 16.5 Å². The lowest BCUT2D eigenvalue weighted by Gasteiger charge is -2.26. The number of hydrogen-bond acceptors (Lipinski definition) is 6. The van der Waals surface area contributed by atoms with Gasteiger partial charge in [0.2, 0.25) is 10.0 Å². The van der Waals surface area contributed by atoms with E-state index in [4.69, 9.17) is 14.2 Å². The molecule has 1 fully saturated rings. The number of carbonyl (C=O) groups excluding carboxylic acids is 1. The molecule has 172 valence electrons. The summed E-state index contributed by atoms with van der Waals surface area (Å²) < 4.78 is 44.1. The number of piperidine rings is 1. The van der Waals surface area contributed by atoms with Crippen molar-refractivity contribution in [1.82, 2.24) is 9.62 Å². The lowest BCUT2D eigenvalue weighted by atomic mass is 10.1. The van der Waals surface area contributed by atoms with E-state index in [2.05, 4.69) is 5.32 Å². The minimum atomic E-state index is -3.67. The molecule has 0 bridgehead atoms. The van der Waals surface area contributed by atoms with Gasteiger partial charge in [-0.2, -0.15) is 4.31 Å². The van der Waals surface area contributed by atoms with Gasteiger partial charge in [0.1, 0.15) is 19.0 Å². The summed E-state index contributed by atoms with van der Waals surface area (Å²) in [6.07, 6.45) is 2.71. The zero-order valence-corrected chi connectivity index (χ0v) is 19.1. The standard InChI is InChI=1S/C23H28N2O6S/c1-16(17-6-8-21-22(14-17)31-13-12-30-21)24-23(26)19-15-18(7-9-20(19)29-2)32(27,28)25-10-4-3-5-11-25/h6-9,14-16H,3-5,10-13H2,1-2H3,(H,24,26)/t16-/m0/s1. The van der Waals surface area contributed by atoms with E-state index in [0.717, 1.165) is 24.8 Å². The summed E-state index contributed by atoms with van der Waals surface area (Å²) >= 11 is 0. The van der Waals surface area contributed by atoms with Crippen molar-refractivity contribution < 1.29 is 27.4 Å². The van der Waals surface area contributed by atoms with Crippen LogP contribution in [0.25, 0.3) is 0 Å². The van der Waals surface area contributed by atoms with E-state index in [0.29, 0.717) is 43.6 Å². The first-order valence-electron chi connectivity index (χ1n) is 10.8. The number of sulfonamides is 1. The normalized spacial score (nSPS) is 17.4. The first kappa shape index (κ1) is 22.4. The number of amides is 1. The van der Waals surface area contributed by atoms with Crippen LogP contribution in [0.1, 0.15) is 48.1 Å². The Morgan fingerprint density at radius 1 is 1.03 bits per heavy atom. The molecule has 2 aliphatic rings. The van der Waals surface area contributed by atoms with Gasteiger partial charge in [0.15, 0.2) is 11.5 Å². The van der Waals surface area contributed by atoms with E-state index in [1.165, 1.54) is 29.6 Å². The molecule has 1 N–H and O–H groups in total. The second kappa shape index (κ2) is 9.38. The lowest BCUT2D eigenvalue weighted by Crippen LogP contribution is -2.35. The van der Waals surface area contributed by atoms with Crippen LogP contribution in [0.2, 0.25) is 0 Å². The van der Waals surface area contributed by atoms with Gasteiger partial charge >= 0.3 is 0 Å². The number of carbonyl (C=O) groups is 1. The summed E-state index contributed by atoms with van der Waals surface area (Å²) in [5.41, 5.74) is 1.02. The Labute approximate surface area is 188 Å². The van der Waals surface area contributed by atoms with Crippen molar-refractivity contribution in [1.29, 1.82) is 0 Å². The van der Waals surface area contributed by atoms with E-state index in [1.54, 1.807) is 0 Å². The van der Waals surface area contributed by atoms with E-state index >= 15 is 0 Å². The molecular weight excluding hydrogens is 432 g/mol. The van der Waals surface area contributed by atoms with Crippen molar-refractivity contribution in [2.45, 2.75) is 37.1 Å². The minimum absolute atomic E-state index is 0.0948. The van der Waals surface area contributed by atoms with Crippen molar-refractivity contribution in [3.05, 3.63) is 47.5 Å².